The van der Waals surface area contributed by atoms with Crippen LogP contribution in [0.1, 0.15) is 139 Å². The van der Waals surface area contributed by atoms with Crippen LogP contribution in [0.4, 0.5) is 0 Å². The Labute approximate surface area is 362 Å². The van der Waals surface area contributed by atoms with Crippen LogP contribution in [0.2, 0.25) is 0 Å². The SMILES string of the molecule is CC(C)(C)c1cc2c(c(C(C)(C)C)c1)OCN(CCc1ccc(C#CC#CC#CC#Cc3ccc(CCN4COc5c(cc(C(C)(C)C)cc5C(C)(C)C)C4)cc3)cc1)C2. The van der Waals surface area contributed by atoms with Gasteiger partial charge in [0.25, 0.3) is 0 Å². The maximum Gasteiger partial charge on any atom is 0.142 e. The van der Waals surface area contributed by atoms with Gasteiger partial charge in [-0.05, 0) is 117 Å². The van der Waals surface area contributed by atoms with E-state index in [0.717, 1.165) is 61.6 Å². The van der Waals surface area contributed by atoms with Crippen molar-refractivity contribution in [2.75, 3.05) is 26.6 Å². The molecular formula is C56H64N2O2. The third kappa shape index (κ3) is 11.7. The number of hydrogen-bond donors (Lipinski definition) is 0. The number of hydrogen-bond acceptors (Lipinski definition) is 4. The van der Waals surface area contributed by atoms with Crippen molar-refractivity contribution < 1.29 is 9.47 Å². The van der Waals surface area contributed by atoms with Crippen molar-refractivity contribution in [2.24, 2.45) is 0 Å². The molecule has 0 radical (unpaired) electrons. The summed E-state index contributed by atoms with van der Waals surface area (Å²) in [5.41, 5.74) is 12.6. The molecule has 60 heavy (non-hydrogen) atoms. The van der Waals surface area contributed by atoms with Crippen LogP contribution in [-0.2, 0) is 47.6 Å². The standard InChI is InChI=1S/C56H64N2O2/c1-53(2,3)47-33-45-37-57(39-59-51(45)49(35-47)55(7,8)9)31-29-43-25-21-41(22-26-43)19-17-15-13-14-16-18-20-42-23-27-44(28-24-42)30-32-58-38-46-34-48(54(4,5)6)36-50(56(10,11)12)52(46)60-40-58/h21-28,33-36H,29-32,37-40H2,1-12H3. The van der Waals surface area contributed by atoms with E-state index in [2.05, 4.69) is 213 Å². The zero-order chi connectivity index (χ0) is 43.3. The molecule has 0 aromatic heterocycles. The largest absolute Gasteiger partial charge is 0.477 e. The molecule has 0 N–H and O–H groups in total. The Bertz CT molecular complexity index is 2260. The lowest BCUT2D eigenvalue weighted by Crippen LogP contribution is -2.35. The average Bonchev–Trinajstić information content (AvgIpc) is 3.18. The van der Waals surface area contributed by atoms with Gasteiger partial charge < -0.3 is 9.47 Å². The van der Waals surface area contributed by atoms with Gasteiger partial charge in [-0.15, -0.1) is 0 Å². The Balaban J connectivity index is 0.951. The van der Waals surface area contributed by atoms with Crippen LogP contribution >= 0.6 is 0 Å². The first-order valence-electron chi connectivity index (χ1n) is 21.5. The second kappa shape index (κ2) is 18.1. The molecule has 2 heterocycles. The smallest absolute Gasteiger partial charge is 0.142 e. The highest BCUT2D eigenvalue weighted by molar-refractivity contribution is 5.52. The van der Waals surface area contributed by atoms with Gasteiger partial charge in [0.1, 0.15) is 25.0 Å². The van der Waals surface area contributed by atoms with E-state index in [9.17, 15) is 0 Å². The molecule has 0 saturated heterocycles. The molecule has 0 amide bonds. The summed E-state index contributed by atoms with van der Waals surface area (Å²) in [7, 11) is 0. The molecule has 4 aromatic carbocycles. The van der Waals surface area contributed by atoms with Gasteiger partial charge in [0.05, 0.1) is 0 Å². The molecule has 0 bridgehead atoms. The summed E-state index contributed by atoms with van der Waals surface area (Å²) in [6, 6.07) is 26.3. The molecular weight excluding hydrogens is 733 g/mol. The summed E-state index contributed by atoms with van der Waals surface area (Å²) in [6.45, 7) is 32.2. The molecule has 6 rings (SSSR count). The van der Waals surface area contributed by atoms with Crippen LogP contribution in [0, 0.1) is 47.4 Å². The Morgan fingerprint density at radius 2 is 0.800 bits per heavy atom. The Morgan fingerprint density at radius 3 is 1.13 bits per heavy atom. The molecule has 0 spiro atoms. The predicted octanol–water partition coefficient (Wildman–Crippen LogP) is 11.1. The van der Waals surface area contributed by atoms with E-state index in [4.69, 9.17) is 9.47 Å². The highest BCUT2D eigenvalue weighted by atomic mass is 16.5. The zero-order valence-electron chi connectivity index (χ0n) is 38.3. The normalized spacial score (nSPS) is 14.3. The molecule has 4 nitrogen and oxygen atoms in total. The molecule has 0 saturated carbocycles. The van der Waals surface area contributed by atoms with E-state index >= 15 is 0 Å². The minimum Gasteiger partial charge on any atom is -0.477 e. The Hall–Kier alpha value is -5.36. The van der Waals surface area contributed by atoms with E-state index in [-0.39, 0.29) is 21.7 Å². The second-order valence-electron chi connectivity index (χ2n) is 20.6. The molecule has 0 unspecified atom stereocenters. The lowest BCUT2D eigenvalue weighted by Gasteiger charge is -2.35. The van der Waals surface area contributed by atoms with E-state index in [0.29, 0.717) is 13.5 Å². The molecule has 2 aliphatic rings. The number of benzene rings is 4. The van der Waals surface area contributed by atoms with Crippen molar-refractivity contribution in [1.29, 1.82) is 0 Å². The van der Waals surface area contributed by atoms with Gasteiger partial charge in [-0.1, -0.05) is 143 Å². The first-order valence-corrected chi connectivity index (χ1v) is 21.5. The second-order valence-corrected chi connectivity index (χ2v) is 20.6. The minimum absolute atomic E-state index is 0.0240. The Morgan fingerprint density at radius 1 is 0.450 bits per heavy atom. The van der Waals surface area contributed by atoms with Gasteiger partial charge in [-0.3, -0.25) is 9.80 Å². The molecule has 4 heteroatoms. The van der Waals surface area contributed by atoms with Crippen molar-refractivity contribution in [2.45, 2.75) is 131 Å². The molecule has 310 valence electrons. The van der Waals surface area contributed by atoms with Crippen molar-refractivity contribution in [3.05, 3.63) is 128 Å². The molecule has 4 aromatic rings. The number of rotatable bonds is 6. The van der Waals surface area contributed by atoms with E-state index in [1.165, 1.54) is 44.5 Å². The predicted molar refractivity (Wildman–Crippen MR) is 249 cm³/mol. The van der Waals surface area contributed by atoms with Gasteiger partial charge in [0, 0.05) is 59.6 Å². The van der Waals surface area contributed by atoms with Crippen LogP contribution in [-0.4, -0.2) is 36.4 Å². The topological polar surface area (TPSA) is 24.9 Å². The summed E-state index contributed by atoms with van der Waals surface area (Å²) >= 11 is 0. The molecule has 0 atom stereocenters. The van der Waals surface area contributed by atoms with E-state index in [1.807, 2.05) is 0 Å². The highest BCUT2D eigenvalue weighted by Crippen LogP contribution is 2.42. The third-order valence-electron chi connectivity index (χ3n) is 11.3. The van der Waals surface area contributed by atoms with Crippen molar-refractivity contribution in [3.63, 3.8) is 0 Å². The summed E-state index contributed by atoms with van der Waals surface area (Å²) in [6.07, 6.45) is 1.89. The van der Waals surface area contributed by atoms with Crippen LogP contribution in [0.25, 0.3) is 0 Å². The van der Waals surface area contributed by atoms with Crippen molar-refractivity contribution in [1.82, 2.24) is 9.80 Å². The average molecular weight is 797 g/mol. The quantitative estimate of drug-likeness (QED) is 0.182. The number of fused-ring (bicyclic) bond motifs is 2. The lowest BCUT2D eigenvalue weighted by atomic mass is 9.78. The van der Waals surface area contributed by atoms with Gasteiger partial charge in [0.2, 0.25) is 0 Å². The maximum atomic E-state index is 6.40. The number of nitrogens with zero attached hydrogens (tertiary/aromatic N) is 2. The molecule has 0 fully saturated rings. The fraction of sp³-hybridized carbons (Fsp3) is 0.429. The van der Waals surface area contributed by atoms with Crippen LogP contribution in [0.3, 0.4) is 0 Å². The lowest BCUT2D eigenvalue weighted by molar-refractivity contribution is 0.0941. The maximum absolute atomic E-state index is 6.40. The van der Waals surface area contributed by atoms with E-state index < -0.39 is 0 Å². The van der Waals surface area contributed by atoms with Gasteiger partial charge >= 0.3 is 0 Å². The van der Waals surface area contributed by atoms with Gasteiger partial charge in [0.15, 0.2) is 0 Å². The summed E-state index contributed by atoms with van der Waals surface area (Å²) < 4.78 is 12.8. The summed E-state index contributed by atoms with van der Waals surface area (Å²) in [4.78, 5) is 4.78. The fourth-order valence-electron chi connectivity index (χ4n) is 7.52. The van der Waals surface area contributed by atoms with Crippen LogP contribution in [0.15, 0.2) is 72.8 Å². The van der Waals surface area contributed by atoms with Gasteiger partial charge in [-0.2, -0.15) is 0 Å². The van der Waals surface area contributed by atoms with Gasteiger partial charge in [-0.25, -0.2) is 0 Å². The van der Waals surface area contributed by atoms with Crippen LogP contribution < -0.4 is 9.47 Å². The Kier molecular flexibility index (Phi) is 13.3. The fourth-order valence-corrected chi connectivity index (χ4v) is 7.52. The minimum atomic E-state index is 0.0240. The molecule has 0 aliphatic carbocycles. The first kappa shape index (κ1) is 44.2. The van der Waals surface area contributed by atoms with Crippen LogP contribution in [0.5, 0.6) is 11.5 Å². The van der Waals surface area contributed by atoms with Crippen molar-refractivity contribution >= 4 is 0 Å². The number of ether oxygens (including phenoxy) is 2. The summed E-state index contributed by atoms with van der Waals surface area (Å²) in [5, 5.41) is 0. The molecule has 2 aliphatic heterocycles. The first-order chi connectivity index (χ1) is 28.2. The zero-order valence-corrected chi connectivity index (χ0v) is 38.3. The van der Waals surface area contributed by atoms with E-state index in [1.54, 1.807) is 0 Å². The highest BCUT2D eigenvalue weighted by Gasteiger charge is 2.31. The third-order valence-corrected chi connectivity index (χ3v) is 11.3. The van der Waals surface area contributed by atoms with Crippen molar-refractivity contribution in [3.8, 4) is 58.9 Å². The summed E-state index contributed by atoms with van der Waals surface area (Å²) in [5.74, 6) is 25.5. The monoisotopic (exact) mass is 796 g/mol.